The Hall–Kier alpha value is -1.45. The molecule has 0 radical (unpaired) electrons. The highest BCUT2D eigenvalue weighted by molar-refractivity contribution is 5.94. The van der Waals surface area contributed by atoms with Gasteiger partial charge in [0.2, 0.25) is 0 Å². The molecule has 0 saturated heterocycles. The average molecular weight is 269 g/mol. The highest BCUT2D eigenvalue weighted by Gasteiger charge is 2.16. The maximum absolute atomic E-state index is 13.2. The third-order valence-corrected chi connectivity index (χ3v) is 3.02. The molecule has 0 fully saturated rings. The first-order valence-electron chi connectivity index (χ1n) is 6.84. The van der Waals surface area contributed by atoms with E-state index in [9.17, 15) is 13.6 Å². The Morgan fingerprint density at radius 2 is 1.63 bits per heavy atom. The summed E-state index contributed by atoms with van der Waals surface area (Å²) in [6.45, 7) is 5.43. The van der Waals surface area contributed by atoms with Gasteiger partial charge in [0.1, 0.15) is 0 Å². The number of halogens is 2. The van der Waals surface area contributed by atoms with Crippen LogP contribution >= 0.6 is 0 Å². The van der Waals surface area contributed by atoms with Crippen LogP contribution in [0.25, 0.3) is 0 Å². The highest BCUT2D eigenvalue weighted by atomic mass is 19.2. The monoisotopic (exact) mass is 269 g/mol. The molecule has 0 aromatic heterocycles. The first-order valence-corrected chi connectivity index (χ1v) is 6.84. The van der Waals surface area contributed by atoms with Gasteiger partial charge in [-0.25, -0.2) is 8.78 Å². The van der Waals surface area contributed by atoms with Gasteiger partial charge in [0.25, 0.3) is 5.91 Å². The quantitative estimate of drug-likeness (QED) is 0.732. The van der Waals surface area contributed by atoms with Crippen LogP contribution in [0.5, 0.6) is 0 Å². The number of hydrogen-bond acceptors (Lipinski definition) is 1. The summed E-state index contributed by atoms with van der Waals surface area (Å²) in [7, 11) is 0. The number of rotatable bonds is 7. The van der Waals surface area contributed by atoms with Gasteiger partial charge in [0.05, 0.1) is 0 Å². The van der Waals surface area contributed by atoms with Gasteiger partial charge in [0, 0.05) is 18.7 Å². The second-order valence-corrected chi connectivity index (χ2v) is 4.63. The zero-order valence-corrected chi connectivity index (χ0v) is 11.6. The van der Waals surface area contributed by atoms with Crippen LogP contribution in [-0.2, 0) is 0 Å². The maximum atomic E-state index is 13.2. The lowest BCUT2D eigenvalue weighted by Crippen LogP contribution is -2.33. The standard InChI is InChI=1S/C15H21F2NO/c1-3-5-9-18(10-6-4-2)15(19)12-7-8-13(16)14(17)11-12/h7-8,11H,3-6,9-10H2,1-2H3. The Morgan fingerprint density at radius 1 is 1.05 bits per heavy atom. The predicted octanol–water partition coefficient (Wildman–Crippen LogP) is 4.01. The number of carbonyl (C=O) groups excluding carboxylic acids is 1. The van der Waals surface area contributed by atoms with Crippen LogP contribution in [0.1, 0.15) is 49.9 Å². The number of unbranched alkanes of at least 4 members (excludes halogenated alkanes) is 2. The van der Waals surface area contributed by atoms with Crippen molar-refractivity contribution in [3.8, 4) is 0 Å². The van der Waals surface area contributed by atoms with Crippen molar-refractivity contribution >= 4 is 5.91 Å². The molecule has 0 heterocycles. The van der Waals surface area contributed by atoms with Crippen molar-refractivity contribution in [1.29, 1.82) is 0 Å². The fourth-order valence-corrected chi connectivity index (χ4v) is 1.82. The SMILES string of the molecule is CCCCN(CCCC)C(=O)c1ccc(F)c(F)c1. The summed E-state index contributed by atoms with van der Waals surface area (Å²) in [5.74, 6) is -2.12. The van der Waals surface area contributed by atoms with Crippen molar-refractivity contribution in [2.75, 3.05) is 13.1 Å². The number of amides is 1. The molecule has 0 N–H and O–H groups in total. The zero-order valence-electron chi connectivity index (χ0n) is 11.6. The van der Waals surface area contributed by atoms with Gasteiger partial charge in [0.15, 0.2) is 11.6 Å². The Labute approximate surface area is 113 Å². The van der Waals surface area contributed by atoms with Crippen molar-refractivity contribution in [2.24, 2.45) is 0 Å². The summed E-state index contributed by atoms with van der Waals surface area (Å²) >= 11 is 0. The molecule has 1 rings (SSSR count). The minimum atomic E-state index is -0.975. The van der Waals surface area contributed by atoms with Crippen LogP contribution in [-0.4, -0.2) is 23.9 Å². The highest BCUT2D eigenvalue weighted by Crippen LogP contribution is 2.12. The molecule has 1 amide bonds. The number of carbonyl (C=O) groups is 1. The predicted molar refractivity (Wildman–Crippen MR) is 72.1 cm³/mol. The molecule has 0 spiro atoms. The minimum absolute atomic E-state index is 0.214. The van der Waals surface area contributed by atoms with Crippen LogP contribution < -0.4 is 0 Å². The summed E-state index contributed by atoms with van der Waals surface area (Å²) in [4.78, 5) is 14.0. The number of nitrogens with zero attached hydrogens (tertiary/aromatic N) is 1. The van der Waals surface area contributed by atoms with Gasteiger partial charge < -0.3 is 4.90 Å². The fraction of sp³-hybridized carbons (Fsp3) is 0.533. The van der Waals surface area contributed by atoms with Crippen molar-refractivity contribution in [3.63, 3.8) is 0 Å². The van der Waals surface area contributed by atoms with E-state index in [1.165, 1.54) is 6.07 Å². The summed E-state index contributed by atoms with van der Waals surface area (Å²) in [6, 6.07) is 3.31. The van der Waals surface area contributed by atoms with E-state index < -0.39 is 11.6 Å². The lowest BCUT2D eigenvalue weighted by molar-refractivity contribution is 0.0750. The van der Waals surface area contributed by atoms with E-state index in [2.05, 4.69) is 13.8 Å². The molecule has 1 aromatic carbocycles. The van der Waals surface area contributed by atoms with Gasteiger partial charge in [-0.05, 0) is 31.0 Å². The summed E-state index contributed by atoms with van der Waals surface area (Å²) in [5.41, 5.74) is 0.214. The van der Waals surface area contributed by atoms with Gasteiger partial charge in [-0.2, -0.15) is 0 Å². The molecule has 4 heteroatoms. The first kappa shape index (κ1) is 15.6. The second kappa shape index (κ2) is 7.87. The lowest BCUT2D eigenvalue weighted by Gasteiger charge is -2.22. The Kier molecular flexibility index (Phi) is 6.46. The van der Waals surface area contributed by atoms with E-state index in [-0.39, 0.29) is 11.5 Å². The molecule has 0 aliphatic carbocycles. The van der Waals surface area contributed by atoms with Crippen LogP contribution in [0, 0.1) is 11.6 Å². The topological polar surface area (TPSA) is 20.3 Å². The average Bonchev–Trinajstić information content (AvgIpc) is 2.41. The molecular weight excluding hydrogens is 248 g/mol. The molecule has 19 heavy (non-hydrogen) atoms. The zero-order chi connectivity index (χ0) is 14.3. The van der Waals surface area contributed by atoms with Gasteiger partial charge in [-0.1, -0.05) is 26.7 Å². The summed E-state index contributed by atoms with van der Waals surface area (Å²) in [5, 5.41) is 0. The van der Waals surface area contributed by atoms with E-state index in [0.717, 1.165) is 37.8 Å². The van der Waals surface area contributed by atoms with Gasteiger partial charge >= 0.3 is 0 Å². The number of hydrogen-bond donors (Lipinski definition) is 0. The summed E-state index contributed by atoms with van der Waals surface area (Å²) in [6.07, 6.45) is 3.82. The molecule has 106 valence electrons. The number of benzene rings is 1. The van der Waals surface area contributed by atoms with E-state index in [0.29, 0.717) is 13.1 Å². The van der Waals surface area contributed by atoms with Crippen molar-refractivity contribution in [1.82, 2.24) is 4.90 Å². The van der Waals surface area contributed by atoms with Crippen molar-refractivity contribution in [2.45, 2.75) is 39.5 Å². The smallest absolute Gasteiger partial charge is 0.253 e. The van der Waals surface area contributed by atoms with Gasteiger partial charge in [-0.3, -0.25) is 4.79 Å². The Bertz CT molecular complexity index is 413. The fourth-order valence-electron chi connectivity index (χ4n) is 1.82. The molecule has 0 atom stereocenters. The van der Waals surface area contributed by atoms with E-state index >= 15 is 0 Å². The van der Waals surface area contributed by atoms with Crippen LogP contribution in [0.4, 0.5) is 8.78 Å². The Balaban J connectivity index is 2.81. The van der Waals surface area contributed by atoms with Crippen LogP contribution in [0.3, 0.4) is 0 Å². The largest absolute Gasteiger partial charge is 0.339 e. The third-order valence-electron chi connectivity index (χ3n) is 3.02. The maximum Gasteiger partial charge on any atom is 0.253 e. The molecule has 2 nitrogen and oxygen atoms in total. The molecule has 0 aliphatic rings. The van der Waals surface area contributed by atoms with E-state index in [1.54, 1.807) is 4.90 Å². The minimum Gasteiger partial charge on any atom is -0.339 e. The summed E-state index contributed by atoms with van der Waals surface area (Å²) < 4.78 is 26.0. The molecule has 0 bridgehead atoms. The van der Waals surface area contributed by atoms with Crippen LogP contribution in [0.15, 0.2) is 18.2 Å². The van der Waals surface area contributed by atoms with E-state index in [1.807, 2.05) is 0 Å². The molecule has 0 aliphatic heterocycles. The Morgan fingerprint density at radius 3 is 2.11 bits per heavy atom. The third kappa shape index (κ3) is 4.62. The van der Waals surface area contributed by atoms with Gasteiger partial charge in [-0.15, -0.1) is 0 Å². The normalized spacial score (nSPS) is 10.5. The van der Waals surface area contributed by atoms with E-state index in [4.69, 9.17) is 0 Å². The molecule has 0 unspecified atom stereocenters. The lowest BCUT2D eigenvalue weighted by atomic mass is 10.1. The second-order valence-electron chi connectivity index (χ2n) is 4.63. The van der Waals surface area contributed by atoms with Crippen molar-refractivity contribution in [3.05, 3.63) is 35.4 Å². The van der Waals surface area contributed by atoms with Crippen LogP contribution in [0.2, 0.25) is 0 Å². The molecular formula is C15H21F2NO. The molecule has 0 saturated carbocycles. The molecule has 1 aromatic rings. The first-order chi connectivity index (χ1) is 9.10. The van der Waals surface area contributed by atoms with Crippen molar-refractivity contribution < 1.29 is 13.6 Å².